The summed E-state index contributed by atoms with van der Waals surface area (Å²) in [7, 11) is 0. The molecule has 0 spiro atoms. The molecule has 0 aromatic heterocycles. The fraction of sp³-hybridized carbons (Fsp3) is 0.667. The van der Waals surface area contributed by atoms with Crippen molar-refractivity contribution >= 4 is 5.97 Å². The van der Waals surface area contributed by atoms with Crippen molar-refractivity contribution in [1.29, 1.82) is 5.26 Å². The van der Waals surface area contributed by atoms with Gasteiger partial charge in [0.1, 0.15) is 5.82 Å². The number of rotatable bonds is 9. The van der Waals surface area contributed by atoms with E-state index in [1.54, 1.807) is 12.1 Å². The Morgan fingerprint density at radius 1 is 1.18 bits per heavy atom. The summed E-state index contributed by atoms with van der Waals surface area (Å²) in [5, 5.41) is 19.1. The lowest BCUT2D eigenvalue weighted by atomic mass is 9.47. The van der Waals surface area contributed by atoms with Crippen molar-refractivity contribution in [2.75, 3.05) is 0 Å². The largest absolute Gasteiger partial charge is 0.481 e. The first-order chi connectivity index (χ1) is 13.5. The Kier molecular flexibility index (Phi) is 6.43. The third-order valence-electron chi connectivity index (χ3n) is 7.50. The van der Waals surface area contributed by atoms with E-state index in [0.29, 0.717) is 18.4 Å². The minimum absolute atomic E-state index is 0.160. The predicted octanol–water partition coefficient (Wildman–Crippen LogP) is 6.57. The fourth-order valence-electron chi connectivity index (χ4n) is 5.69. The lowest BCUT2D eigenvalue weighted by molar-refractivity contribution is -0.162. The Hall–Kier alpha value is -1.89. The Balaban J connectivity index is 1.77. The highest BCUT2D eigenvalue weighted by Crippen LogP contribution is 2.64. The van der Waals surface area contributed by atoms with E-state index >= 15 is 0 Å². The molecule has 1 N–H and O–H groups in total. The van der Waals surface area contributed by atoms with Gasteiger partial charge >= 0.3 is 5.97 Å². The van der Waals surface area contributed by atoms with E-state index in [4.69, 9.17) is 5.26 Å². The number of hydrogen-bond acceptors (Lipinski definition) is 2. The highest BCUT2D eigenvalue weighted by molar-refractivity contribution is 5.77. The molecule has 4 heteroatoms. The van der Waals surface area contributed by atoms with Crippen LogP contribution in [0.3, 0.4) is 0 Å². The maximum atomic E-state index is 14.8. The molecule has 152 valence electrons. The third-order valence-corrected chi connectivity index (χ3v) is 7.50. The smallest absolute Gasteiger partial charge is 0.310 e. The number of nitrogens with zero attached hydrogens (tertiary/aromatic N) is 1. The van der Waals surface area contributed by atoms with Crippen molar-refractivity contribution in [2.24, 2.45) is 10.8 Å². The van der Waals surface area contributed by atoms with Gasteiger partial charge in [0.2, 0.25) is 0 Å². The summed E-state index contributed by atoms with van der Waals surface area (Å²) >= 11 is 0. The number of aliphatic carboxylic acids is 1. The van der Waals surface area contributed by atoms with Crippen LogP contribution in [0.1, 0.15) is 101 Å². The zero-order chi connectivity index (χ0) is 20.2. The first kappa shape index (κ1) is 20.8. The zero-order valence-electron chi connectivity index (χ0n) is 17.0. The number of halogens is 1. The molecule has 28 heavy (non-hydrogen) atoms. The Labute approximate surface area is 168 Å². The van der Waals surface area contributed by atoms with Gasteiger partial charge in [-0.05, 0) is 61.6 Å². The van der Waals surface area contributed by atoms with Gasteiger partial charge in [0.25, 0.3) is 0 Å². The maximum Gasteiger partial charge on any atom is 0.310 e. The van der Waals surface area contributed by atoms with Crippen LogP contribution in [0.4, 0.5) is 4.39 Å². The van der Waals surface area contributed by atoms with Crippen LogP contribution in [0.2, 0.25) is 0 Å². The highest BCUT2D eigenvalue weighted by atomic mass is 19.1. The minimum atomic E-state index is -0.849. The first-order valence-electron chi connectivity index (χ1n) is 10.9. The number of benzene rings is 1. The summed E-state index contributed by atoms with van der Waals surface area (Å²) in [6.45, 7) is 2.22. The molecule has 1 atom stereocenters. The highest BCUT2D eigenvalue weighted by Gasteiger charge is 2.58. The molecule has 2 bridgehead atoms. The second-order valence-corrected chi connectivity index (χ2v) is 9.08. The minimum Gasteiger partial charge on any atom is -0.481 e. The van der Waals surface area contributed by atoms with Crippen LogP contribution in [-0.4, -0.2) is 11.1 Å². The van der Waals surface area contributed by atoms with E-state index < -0.39 is 17.2 Å². The van der Waals surface area contributed by atoms with E-state index in [-0.39, 0.29) is 16.9 Å². The van der Waals surface area contributed by atoms with Crippen molar-refractivity contribution in [1.82, 2.24) is 0 Å². The van der Waals surface area contributed by atoms with Gasteiger partial charge in [0.15, 0.2) is 0 Å². The van der Waals surface area contributed by atoms with Gasteiger partial charge in [0.05, 0.1) is 17.0 Å². The first-order valence-corrected chi connectivity index (χ1v) is 10.9. The average molecular weight is 386 g/mol. The van der Waals surface area contributed by atoms with Crippen LogP contribution in [0, 0.1) is 28.0 Å². The molecule has 0 heterocycles. The Morgan fingerprint density at radius 2 is 1.86 bits per heavy atom. The van der Waals surface area contributed by atoms with Gasteiger partial charge in [-0.15, -0.1) is 0 Å². The van der Waals surface area contributed by atoms with Crippen molar-refractivity contribution in [3.05, 3.63) is 35.1 Å². The maximum absolute atomic E-state index is 14.8. The summed E-state index contributed by atoms with van der Waals surface area (Å²) in [5.41, 5.74) is 0.0895. The van der Waals surface area contributed by atoms with Gasteiger partial charge < -0.3 is 5.11 Å². The molecular formula is C24H32FNO2. The molecule has 0 amide bonds. The van der Waals surface area contributed by atoms with Crippen molar-refractivity contribution in [3.8, 4) is 6.07 Å². The van der Waals surface area contributed by atoms with Gasteiger partial charge in [0, 0.05) is 5.92 Å². The third kappa shape index (κ3) is 3.95. The van der Waals surface area contributed by atoms with Crippen LogP contribution in [0.5, 0.6) is 0 Å². The van der Waals surface area contributed by atoms with E-state index in [9.17, 15) is 14.3 Å². The molecule has 1 unspecified atom stereocenters. The van der Waals surface area contributed by atoms with Gasteiger partial charge in [-0.2, -0.15) is 5.26 Å². The van der Waals surface area contributed by atoms with Crippen LogP contribution in [-0.2, 0) is 4.79 Å². The topological polar surface area (TPSA) is 61.1 Å². The molecule has 3 aliphatic carbocycles. The lowest BCUT2D eigenvalue weighted by Gasteiger charge is -2.56. The molecular weight excluding hydrogens is 353 g/mol. The number of unbranched alkanes of at least 4 members (excludes halogenated alkanes) is 5. The number of fused-ring (bicyclic) bond motifs is 3. The van der Waals surface area contributed by atoms with Crippen LogP contribution >= 0.6 is 0 Å². The van der Waals surface area contributed by atoms with E-state index in [2.05, 4.69) is 6.92 Å². The molecule has 3 nitrogen and oxygen atoms in total. The van der Waals surface area contributed by atoms with E-state index in [1.807, 2.05) is 6.07 Å². The van der Waals surface area contributed by atoms with Crippen LogP contribution < -0.4 is 0 Å². The summed E-state index contributed by atoms with van der Waals surface area (Å²) in [6, 6.07) is 6.50. The normalized spacial score (nSPS) is 28.8. The van der Waals surface area contributed by atoms with Crippen LogP contribution in [0.15, 0.2) is 18.2 Å². The second-order valence-electron chi connectivity index (χ2n) is 9.08. The Morgan fingerprint density at radius 3 is 2.46 bits per heavy atom. The second kappa shape index (κ2) is 8.64. The van der Waals surface area contributed by atoms with Crippen LogP contribution in [0.25, 0.3) is 0 Å². The van der Waals surface area contributed by atoms with Gasteiger partial charge in [-0.3, -0.25) is 4.79 Å². The molecule has 3 fully saturated rings. The molecule has 0 saturated heterocycles. The number of carboxylic acids is 1. The molecule has 0 radical (unpaired) electrons. The zero-order valence-corrected chi connectivity index (χ0v) is 17.0. The monoisotopic (exact) mass is 385 g/mol. The molecule has 4 rings (SSSR count). The van der Waals surface area contributed by atoms with Crippen molar-refractivity contribution in [3.63, 3.8) is 0 Å². The molecule has 0 aliphatic heterocycles. The average Bonchev–Trinajstić information content (AvgIpc) is 2.71. The quantitative estimate of drug-likeness (QED) is 0.489. The number of hydrogen-bond donors (Lipinski definition) is 1. The fourth-order valence-corrected chi connectivity index (χ4v) is 5.69. The van der Waals surface area contributed by atoms with Crippen molar-refractivity contribution < 1.29 is 14.3 Å². The number of carboxylic acid groups (broad SMARTS) is 1. The lowest BCUT2D eigenvalue weighted by Crippen LogP contribution is -2.51. The van der Waals surface area contributed by atoms with E-state index in [1.165, 1.54) is 44.6 Å². The standard InChI is InChI=1S/C24H32FNO2/c1-2-3-4-5-6-7-10-23-11-13-24(14-12-23,22(27)28)20(16-23)19-9-8-18(17-26)15-21(19)25/h8-9,15,20H,2-7,10-14,16H2,1H3,(H,27,28). The summed E-state index contributed by atoms with van der Waals surface area (Å²) < 4.78 is 14.8. The molecule has 1 aromatic rings. The number of nitriles is 1. The summed E-state index contributed by atoms with van der Waals surface area (Å²) in [4.78, 5) is 12.2. The number of carbonyl (C=O) groups is 1. The van der Waals surface area contributed by atoms with Crippen molar-refractivity contribution in [2.45, 2.75) is 89.9 Å². The molecule has 3 aliphatic rings. The predicted molar refractivity (Wildman–Crippen MR) is 107 cm³/mol. The van der Waals surface area contributed by atoms with Gasteiger partial charge in [-0.1, -0.05) is 51.5 Å². The molecule has 3 saturated carbocycles. The Bertz CT molecular complexity index is 743. The summed E-state index contributed by atoms with van der Waals surface area (Å²) in [5.74, 6) is -1.50. The van der Waals surface area contributed by atoms with E-state index in [0.717, 1.165) is 25.7 Å². The summed E-state index contributed by atoms with van der Waals surface area (Å²) in [6.07, 6.45) is 12.6. The van der Waals surface area contributed by atoms with Gasteiger partial charge in [-0.25, -0.2) is 4.39 Å². The molecule has 1 aromatic carbocycles. The SMILES string of the molecule is CCCCCCCCC12CCC(C(=O)O)(CC1)C(c1ccc(C#N)cc1F)C2.